The van der Waals surface area contributed by atoms with Crippen LogP contribution >= 0.6 is 0 Å². The zero-order valence-electron chi connectivity index (χ0n) is 12.8. The second kappa shape index (κ2) is 7.07. The van der Waals surface area contributed by atoms with Gasteiger partial charge >= 0.3 is 0 Å². The zero-order chi connectivity index (χ0) is 17.1. The summed E-state index contributed by atoms with van der Waals surface area (Å²) in [6.45, 7) is 3.15. The van der Waals surface area contributed by atoms with Crippen LogP contribution in [0.2, 0.25) is 0 Å². The lowest BCUT2D eigenvalue weighted by Crippen LogP contribution is -2.56. The fraction of sp³-hybridized carbons (Fsp3) is 0.692. The molecule has 10 nitrogen and oxygen atoms in total. The van der Waals surface area contributed by atoms with Gasteiger partial charge in [0.2, 0.25) is 0 Å². The standard InChI is InChI=1S/C13H19N5O5/c1-3-8-16-12(22)6(2)5-18(8)13-11(21)10(20)9(19)7(23-13)4-15-17-14/h5,7,9-11,13,19-21H,3-4H2,1-2H3/t7-,9-,10+,11-,13?/m1/s1. The summed E-state index contributed by atoms with van der Waals surface area (Å²) >= 11 is 0. The van der Waals surface area contributed by atoms with Gasteiger partial charge < -0.3 is 24.6 Å². The van der Waals surface area contributed by atoms with Crippen molar-refractivity contribution in [3.8, 4) is 0 Å². The average molecular weight is 325 g/mol. The maximum Gasteiger partial charge on any atom is 0.275 e. The Labute approximate surface area is 131 Å². The predicted octanol–water partition coefficient (Wildman–Crippen LogP) is -0.595. The molecule has 0 amide bonds. The second-order valence-corrected chi connectivity index (χ2v) is 5.36. The first kappa shape index (κ1) is 17.4. The summed E-state index contributed by atoms with van der Waals surface area (Å²) in [5.74, 6) is 0.371. The Morgan fingerprint density at radius 3 is 2.70 bits per heavy atom. The molecule has 1 unspecified atom stereocenters. The molecule has 0 spiro atoms. The summed E-state index contributed by atoms with van der Waals surface area (Å²) in [5, 5.41) is 33.5. The molecular formula is C13H19N5O5. The average Bonchev–Trinajstić information content (AvgIpc) is 2.54. The first-order valence-electron chi connectivity index (χ1n) is 7.19. The molecule has 3 N–H and O–H groups in total. The Bertz CT molecular complexity index is 671. The minimum Gasteiger partial charge on any atom is -0.388 e. The van der Waals surface area contributed by atoms with Crippen LogP contribution in [0.25, 0.3) is 10.4 Å². The molecule has 1 aromatic rings. The van der Waals surface area contributed by atoms with Crippen molar-refractivity contribution in [3.63, 3.8) is 0 Å². The lowest BCUT2D eigenvalue weighted by Gasteiger charge is -2.41. The highest BCUT2D eigenvalue weighted by atomic mass is 16.5. The van der Waals surface area contributed by atoms with Crippen LogP contribution in [-0.2, 0) is 11.2 Å². The number of rotatable bonds is 4. The van der Waals surface area contributed by atoms with E-state index in [2.05, 4.69) is 15.0 Å². The van der Waals surface area contributed by atoms with Gasteiger partial charge in [-0.05, 0) is 12.5 Å². The first-order chi connectivity index (χ1) is 10.9. The lowest BCUT2D eigenvalue weighted by molar-refractivity contribution is -0.242. The number of hydrogen-bond acceptors (Lipinski definition) is 7. The highest BCUT2D eigenvalue weighted by molar-refractivity contribution is 5.07. The molecule has 10 heteroatoms. The van der Waals surface area contributed by atoms with Crippen LogP contribution in [-0.4, -0.2) is 55.8 Å². The smallest absolute Gasteiger partial charge is 0.275 e. The van der Waals surface area contributed by atoms with Gasteiger partial charge in [0, 0.05) is 23.1 Å². The highest BCUT2D eigenvalue weighted by Crippen LogP contribution is 2.29. The van der Waals surface area contributed by atoms with E-state index in [-0.39, 0.29) is 12.1 Å². The molecule has 1 aliphatic heterocycles. The topological polar surface area (TPSA) is 154 Å². The van der Waals surface area contributed by atoms with Crippen LogP contribution < -0.4 is 5.56 Å². The fourth-order valence-electron chi connectivity index (χ4n) is 2.51. The molecule has 1 aromatic heterocycles. The number of aryl methyl sites for hydroxylation is 2. The summed E-state index contributed by atoms with van der Waals surface area (Å²) in [6.07, 6.45) is -4.48. The third-order valence-electron chi connectivity index (χ3n) is 3.80. The zero-order valence-corrected chi connectivity index (χ0v) is 12.8. The van der Waals surface area contributed by atoms with E-state index in [9.17, 15) is 20.1 Å². The van der Waals surface area contributed by atoms with Crippen molar-refractivity contribution in [1.82, 2.24) is 9.55 Å². The van der Waals surface area contributed by atoms with Gasteiger partial charge in [-0.3, -0.25) is 4.79 Å². The second-order valence-electron chi connectivity index (χ2n) is 5.36. The summed E-state index contributed by atoms with van der Waals surface area (Å²) in [4.78, 5) is 18.2. The van der Waals surface area contributed by atoms with Crippen LogP contribution in [0.1, 0.15) is 24.5 Å². The van der Waals surface area contributed by atoms with Crippen LogP contribution in [0.4, 0.5) is 0 Å². The SMILES string of the molecule is CCc1nc(=O)c(C)cn1C1O[C@H](CN=[N+]=[N-])[C@@H](O)[C@H](O)[C@H]1O. The van der Waals surface area contributed by atoms with Crippen molar-refractivity contribution in [2.45, 2.75) is 50.9 Å². The Kier molecular flexibility index (Phi) is 5.34. The first-order valence-corrected chi connectivity index (χ1v) is 7.19. The van der Waals surface area contributed by atoms with E-state index in [1.54, 1.807) is 13.8 Å². The normalized spacial score (nSPS) is 30.7. The molecule has 23 heavy (non-hydrogen) atoms. The van der Waals surface area contributed by atoms with Crippen molar-refractivity contribution >= 4 is 0 Å². The van der Waals surface area contributed by atoms with Gasteiger partial charge in [0.05, 0.1) is 12.6 Å². The van der Waals surface area contributed by atoms with Crippen LogP contribution in [0, 0.1) is 6.92 Å². The molecule has 0 aromatic carbocycles. The molecule has 126 valence electrons. The molecule has 5 atom stereocenters. The van der Waals surface area contributed by atoms with Crippen molar-refractivity contribution in [1.29, 1.82) is 0 Å². The van der Waals surface area contributed by atoms with Crippen molar-refractivity contribution < 1.29 is 20.1 Å². The largest absolute Gasteiger partial charge is 0.388 e. The number of hydrogen-bond donors (Lipinski definition) is 3. The van der Waals surface area contributed by atoms with Gasteiger partial charge in [-0.15, -0.1) is 0 Å². The molecule has 1 aliphatic rings. The van der Waals surface area contributed by atoms with Gasteiger partial charge in [0.1, 0.15) is 24.1 Å². The molecule has 1 fully saturated rings. The third kappa shape index (κ3) is 3.36. The maximum atomic E-state index is 11.7. The molecule has 0 radical (unpaired) electrons. The van der Waals surface area contributed by atoms with E-state index < -0.39 is 30.6 Å². The number of nitrogens with zero attached hydrogens (tertiary/aromatic N) is 5. The number of azide groups is 1. The summed E-state index contributed by atoms with van der Waals surface area (Å²) < 4.78 is 7.06. The number of ether oxygens (including phenoxy) is 1. The van der Waals surface area contributed by atoms with E-state index >= 15 is 0 Å². The Balaban J connectivity index is 2.42. The van der Waals surface area contributed by atoms with E-state index in [0.29, 0.717) is 17.8 Å². The molecular weight excluding hydrogens is 306 g/mol. The fourth-order valence-corrected chi connectivity index (χ4v) is 2.51. The Morgan fingerprint density at radius 2 is 2.09 bits per heavy atom. The predicted molar refractivity (Wildman–Crippen MR) is 78.6 cm³/mol. The Hall–Kier alpha value is -1.97. The van der Waals surface area contributed by atoms with E-state index in [4.69, 9.17) is 10.3 Å². The van der Waals surface area contributed by atoms with Gasteiger partial charge in [0.25, 0.3) is 5.56 Å². The molecule has 2 heterocycles. The van der Waals surface area contributed by atoms with Crippen molar-refractivity contribution in [2.75, 3.05) is 6.54 Å². The van der Waals surface area contributed by atoms with Crippen LogP contribution in [0.15, 0.2) is 16.1 Å². The summed E-state index contributed by atoms with van der Waals surface area (Å²) in [5.41, 5.74) is 8.36. The van der Waals surface area contributed by atoms with Crippen molar-refractivity contribution in [2.24, 2.45) is 5.11 Å². The van der Waals surface area contributed by atoms with Gasteiger partial charge in [-0.1, -0.05) is 12.0 Å². The minimum atomic E-state index is -1.49. The van der Waals surface area contributed by atoms with E-state index in [1.807, 2.05) is 0 Å². The molecule has 0 aliphatic carbocycles. The highest BCUT2D eigenvalue weighted by Gasteiger charge is 2.44. The molecule has 0 bridgehead atoms. The quantitative estimate of drug-likeness (QED) is 0.382. The molecule has 2 rings (SSSR count). The monoisotopic (exact) mass is 325 g/mol. The number of aliphatic hydroxyl groups excluding tert-OH is 3. The third-order valence-corrected chi connectivity index (χ3v) is 3.80. The van der Waals surface area contributed by atoms with Gasteiger partial charge in [-0.25, -0.2) is 0 Å². The maximum absolute atomic E-state index is 11.7. The number of aromatic nitrogens is 2. The minimum absolute atomic E-state index is 0.202. The van der Waals surface area contributed by atoms with Crippen LogP contribution in [0.3, 0.4) is 0 Å². The van der Waals surface area contributed by atoms with Gasteiger partial charge in [0.15, 0.2) is 6.23 Å². The van der Waals surface area contributed by atoms with Gasteiger partial charge in [-0.2, -0.15) is 4.98 Å². The summed E-state index contributed by atoms with van der Waals surface area (Å²) in [6, 6.07) is 0. The van der Waals surface area contributed by atoms with E-state index in [1.165, 1.54) is 10.8 Å². The lowest BCUT2D eigenvalue weighted by atomic mass is 9.97. The summed E-state index contributed by atoms with van der Waals surface area (Å²) in [7, 11) is 0. The van der Waals surface area contributed by atoms with Crippen molar-refractivity contribution in [3.05, 3.63) is 38.4 Å². The number of aliphatic hydroxyl groups is 3. The molecule has 1 saturated heterocycles. The Morgan fingerprint density at radius 1 is 1.39 bits per heavy atom. The molecule has 0 saturated carbocycles. The van der Waals surface area contributed by atoms with Crippen LogP contribution in [0.5, 0.6) is 0 Å². The van der Waals surface area contributed by atoms with E-state index in [0.717, 1.165) is 0 Å².